The zero-order valence-electron chi connectivity index (χ0n) is 16.2. The molecule has 9 heteroatoms. The molecule has 1 unspecified atom stereocenters. The Bertz CT molecular complexity index is 779. The summed E-state index contributed by atoms with van der Waals surface area (Å²) in [5.74, 6) is -4.18. The number of hydrogen-bond acceptors (Lipinski definition) is 9. The van der Waals surface area contributed by atoms with Gasteiger partial charge < -0.3 is 34.6 Å². The molecule has 0 radical (unpaired) electrons. The topological polar surface area (TPSA) is 143 Å². The summed E-state index contributed by atoms with van der Waals surface area (Å²) < 4.78 is 17.2. The van der Waals surface area contributed by atoms with Crippen LogP contribution in [0.1, 0.15) is 34.1 Å². The van der Waals surface area contributed by atoms with Gasteiger partial charge in [-0.3, -0.25) is 9.59 Å². The summed E-state index contributed by atoms with van der Waals surface area (Å²) in [6.45, 7) is 6.36. The number of fused-ring (bicyclic) bond motifs is 2. The maximum absolute atomic E-state index is 12.8. The van der Waals surface area contributed by atoms with Crippen molar-refractivity contribution in [3.05, 3.63) is 0 Å². The summed E-state index contributed by atoms with van der Waals surface area (Å²) in [5, 5.41) is 44.1. The Morgan fingerprint density at radius 3 is 2.29 bits per heavy atom. The largest absolute Gasteiger partial charge is 0.459 e. The molecule has 0 aromatic rings. The van der Waals surface area contributed by atoms with Crippen LogP contribution in [0.2, 0.25) is 0 Å². The summed E-state index contributed by atoms with van der Waals surface area (Å²) in [5.41, 5.74) is -5.98. The van der Waals surface area contributed by atoms with Gasteiger partial charge in [0.2, 0.25) is 0 Å². The second-order valence-corrected chi connectivity index (χ2v) is 9.83. The summed E-state index contributed by atoms with van der Waals surface area (Å²) in [7, 11) is 0. The summed E-state index contributed by atoms with van der Waals surface area (Å²) in [6.07, 6.45) is -5.75. The molecule has 5 rings (SSSR count). The Morgan fingerprint density at radius 1 is 1.07 bits per heavy atom. The first-order valence-corrected chi connectivity index (χ1v) is 9.72. The van der Waals surface area contributed by atoms with E-state index in [1.54, 1.807) is 20.8 Å². The van der Waals surface area contributed by atoms with Crippen LogP contribution < -0.4 is 0 Å². The molecule has 4 N–H and O–H groups in total. The zero-order chi connectivity index (χ0) is 20.6. The first-order valence-electron chi connectivity index (χ1n) is 9.72. The highest BCUT2D eigenvalue weighted by Crippen LogP contribution is 2.74. The average Bonchev–Trinajstić information content (AvgIpc) is 3.17. The smallest absolute Gasteiger partial charge is 0.313 e. The number of ether oxygens (including phenoxy) is 3. The molecule has 3 aliphatic heterocycles. The standard InChI is InChI=1S/C19H26O9/c1-6(20)7-5-18(28-14(7)23)13-11(22)19(25)9-8(16(2,3)27-15(9)24)10(21)12(26-13)17(18,19)4/h6-13,20-22,25H,5H2,1-4H3/t6?,7-,8-,9+,10+,11-,12+,13-,17-,18+,19-/m0/s1. The van der Waals surface area contributed by atoms with E-state index in [4.69, 9.17) is 14.2 Å². The maximum atomic E-state index is 12.8. The third kappa shape index (κ3) is 1.59. The Balaban J connectivity index is 1.70. The normalized spacial score (nSPS) is 59.4. The van der Waals surface area contributed by atoms with Crippen LogP contribution in [0.3, 0.4) is 0 Å². The predicted molar refractivity (Wildman–Crippen MR) is 89.5 cm³/mol. The quantitative estimate of drug-likeness (QED) is 0.388. The van der Waals surface area contributed by atoms with E-state index in [1.165, 1.54) is 6.92 Å². The predicted octanol–water partition coefficient (Wildman–Crippen LogP) is -1.51. The van der Waals surface area contributed by atoms with Gasteiger partial charge in [0.15, 0.2) is 5.60 Å². The lowest BCUT2D eigenvalue weighted by Gasteiger charge is -2.58. The minimum absolute atomic E-state index is 0.0169. The van der Waals surface area contributed by atoms with Crippen molar-refractivity contribution in [2.75, 3.05) is 0 Å². The van der Waals surface area contributed by atoms with Crippen LogP contribution >= 0.6 is 0 Å². The second kappa shape index (κ2) is 4.89. The molecule has 5 aliphatic rings. The molecule has 28 heavy (non-hydrogen) atoms. The Kier molecular flexibility index (Phi) is 3.28. The molecule has 0 aromatic heterocycles. The lowest BCUT2D eigenvalue weighted by molar-refractivity contribution is -0.297. The third-order valence-corrected chi connectivity index (χ3v) is 8.39. The van der Waals surface area contributed by atoms with Gasteiger partial charge in [-0.1, -0.05) is 6.92 Å². The number of cyclic esters (lactones) is 1. The van der Waals surface area contributed by atoms with Crippen molar-refractivity contribution in [2.45, 2.75) is 81.4 Å². The van der Waals surface area contributed by atoms with E-state index in [9.17, 15) is 30.0 Å². The molecule has 0 aromatic carbocycles. The summed E-state index contributed by atoms with van der Waals surface area (Å²) >= 11 is 0. The molecular weight excluding hydrogens is 372 g/mol. The minimum Gasteiger partial charge on any atom is -0.459 e. The van der Waals surface area contributed by atoms with E-state index in [2.05, 4.69) is 0 Å². The fraction of sp³-hybridized carbons (Fsp3) is 0.895. The highest BCUT2D eigenvalue weighted by molar-refractivity contribution is 5.80. The highest BCUT2D eigenvalue weighted by Gasteiger charge is 2.92. The van der Waals surface area contributed by atoms with Crippen LogP contribution in [0, 0.1) is 23.2 Å². The van der Waals surface area contributed by atoms with E-state index < -0.39 is 82.4 Å². The molecule has 5 fully saturated rings. The Labute approximate surface area is 161 Å². The van der Waals surface area contributed by atoms with Crippen molar-refractivity contribution in [3.8, 4) is 0 Å². The van der Waals surface area contributed by atoms with Crippen LogP contribution in [0.5, 0.6) is 0 Å². The number of aliphatic hydroxyl groups is 4. The maximum Gasteiger partial charge on any atom is 0.313 e. The number of aliphatic hydroxyl groups excluding tert-OH is 3. The Morgan fingerprint density at radius 2 is 1.71 bits per heavy atom. The molecule has 1 spiro atoms. The molecule has 11 atom stereocenters. The van der Waals surface area contributed by atoms with Crippen molar-refractivity contribution < 1.29 is 44.2 Å². The van der Waals surface area contributed by atoms with Crippen molar-refractivity contribution in [1.82, 2.24) is 0 Å². The number of hydrogen-bond donors (Lipinski definition) is 4. The van der Waals surface area contributed by atoms with Crippen molar-refractivity contribution in [3.63, 3.8) is 0 Å². The van der Waals surface area contributed by atoms with Crippen molar-refractivity contribution >= 4 is 11.9 Å². The number of esters is 2. The summed E-state index contributed by atoms with van der Waals surface area (Å²) in [4.78, 5) is 25.3. The molecule has 9 nitrogen and oxygen atoms in total. The van der Waals surface area contributed by atoms with Gasteiger partial charge in [-0.15, -0.1) is 0 Å². The van der Waals surface area contributed by atoms with Gasteiger partial charge in [-0.25, -0.2) is 0 Å². The molecule has 2 saturated carbocycles. The third-order valence-electron chi connectivity index (χ3n) is 8.39. The van der Waals surface area contributed by atoms with E-state index in [0.717, 1.165) is 0 Å². The summed E-state index contributed by atoms with van der Waals surface area (Å²) in [6, 6.07) is 0. The van der Waals surface area contributed by atoms with Gasteiger partial charge in [0.25, 0.3) is 0 Å². The van der Waals surface area contributed by atoms with E-state index >= 15 is 0 Å². The van der Waals surface area contributed by atoms with E-state index in [1.807, 2.05) is 0 Å². The van der Waals surface area contributed by atoms with Crippen LogP contribution in [0.4, 0.5) is 0 Å². The molecule has 2 bridgehead atoms. The number of rotatable bonds is 1. The second-order valence-electron chi connectivity index (χ2n) is 9.83. The van der Waals surface area contributed by atoms with Crippen molar-refractivity contribution in [1.29, 1.82) is 0 Å². The fourth-order valence-corrected chi connectivity index (χ4v) is 7.06. The molecule has 3 heterocycles. The van der Waals surface area contributed by atoms with Gasteiger partial charge in [0.05, 0.1) is 35.6 Å². The SMILES string of the molecule is CC(O)[C@@H]1C[C@@]2(OC1=O)[C@H]1O[C@@H]3[C@H](O)[C@@H]4[C@H](C(=O)OC4(C)C)[C@](O)([C@H]1O)[C@@]32C. The van der Waals surface area contributed by atoms with Gasteiger partial charge in [-0.05, 0) is 20.8 Å². The zero-order valence-corrected chi connectivity index (χ0v) is 16.2. The minimum atomic E-state index is -2.01. The average molecular weight is 398 g/mol. The molecular formula is C19H26O9. The van der Waals surface area contributed by atoms with Crippen LogP contribution in [0.15, 0.2) is 0 Å². The first kappa shape index (κ1) is 18.7. The lowest BCUT2D eigenvalue weighted by atomic mass is 9.50. The van der Waals surface area contributed by atoms with E-state index in [0.29, 0.717) is 0 Å². The molecule has 0 amide bonds. The first-order chi connectivity index (χ1) is 12.8. The van der Waals surface area contributed by atoms with Gasteiger partial charge in [0, 0.05) is 12.3 Å². The van der Waals surface area contributed by atoms with Gasteiger partial charge in [-0.2, -0.15) is 0 Å². The lowest BCUT2D eigenvalue weighted by Crippen LogP contribution is -2.75. The Hall–Kier alpha value is -1.26. The van der Waals surface area contributed by atoms with Gasteiger partial charge >= 0.3 is 11.9 Å². The monoisotopic (exact) mass is 398 g/mol. The molecule has 156 valence electrons. The van der Waals surface area contributed by atoms with Crippen LogP contribution in [-0.2, 0) is 23.8 Å². The van der Waals surface area contributed by atoms with Gasteiger partial charge in [0.1, 0.15) is 23.4 Å². The van der Waals surface area contributed by atoms with Crippen LogP contribution in [-0.4, -0.2) is 79.7 Å². The van der Waals surface area contributed by atoms with E-state index in [-0.39, 0.29) is 6.42 Å². The molecule has 3 saturated heterocycles. The number of carbonyl (C=O) groups excluding carboxylic acids is 2. The molecule has 2 aliphatic carbocycles. The van der Waals surface area contributed by atoms with Crippen LogP contribution in [0.25, 0.3) is 0 Å². The number of carbonyl (C=O) groups is 2. The highest BCUT2D eigenvalue weighted by atomic mass is 16.6. The fourth-order valence-electron chi connectivity index (χ4n) is 7.06. The van der Waals surface area contributed by atoms with Crippen molar-refractivity contribution in [2.24, 2.45) is 23.2 Å².